The molecule has 6 N–H and O–H groups in total. The van der Waals surface area contributed by atoms with Crippen LogP contribution in [0.5, 0.6) is 0 Å². The fraction of sp³-hybridized carbons (Fsp3) is 0.158. The van der Waals surface area contributed by atoms with Crippen LogP contribution in [-0.4, -0.2) is 23.9 Å². The van der Waals surface area contributed by atoms with Crippen molar-refractivity contribution in [2.45, 2.75) is 19.3 Å². The van der Waals surface area contributed by atoms with E-state index in [1.165, 1.54) is 0 Å². The molecule has 164 valence electrons. The van der Waals surface area contributed by atoms with Crippen molar-refractivity contribution >= 4 is 58.5 Å². The zero-order chi connectivity index (χ0) is 22.6. The van der Waals surface area contributed by atoms with E-state index in [0.29, 0.717) is 21.4 Å². The number of rotatable bonds is 6. The fourth-order valence-corrected chi connectivity index (χ4v) is 2.59. The summed E-state index contributed by atoms with van der Waals surface area (Å²) in [5.41, 5.74) is 9.56. The molecule has 31 heavy (non-hydrogen) atoms. The average Bonchev–Trinajstić information content (AvgIpc) is 2.74. The molecule has 2 rings (SSSR count). The third-order valence-electron chi connectivity index (χ3n) is 3.68. The lowest BCUT2D eigenvalue weighted by Gasteiger charge is -2.11. The topological polar surface area (TPSA) is 140 Å². The number of carbonyl (C=O) groups excluding carboxylic acids is 4. The number of carbonyl (C=O) groups is 4. The molecular formula is C19H20Cl2N6O4. The van der Waals surface area contributed by atoms with Crippen molar-refractivity contribution in [3.05, 3.63) is 58.6 Å². The predicted molar refractivity (Wildman–Crippen MR) is 117 cm³/mol. The number of anilines is 2. The third kappa shape index (κ3) is 8.81. The molecule has 10 nitrogen and oxygen atoms in total. The van der Waals surface area contributed by atoms with Crippen LogP contribution in [0.4, 0.5) is 21.0 Å². The van der Waals surface area contributed by atoms with Gasteiger partial charge in [-0.2, -0.15) is 0 Å². The molecule has 0 atom stereocenters. The maximum atomic E-state index is 11.7. The third-order valence-corrected chi connectivity index (χ3v) is 4.34. The Morgan fingerprint density at radius 1 is 0.613 bits per heavy atom. The second-order valence-corrected chi connectivity index (χ2v) is 6.88. The van der Waals surface area contributed by atoms with Crippen molar-refractivity contribution in [2.24, 2.45) is 0 Å². The van der Waals surface area contributed by atoms with Gasteiger partial charge in [-0.1, -0.05) is 47.5 Å². The molecule has 6 amide bonds. The van der Waals surface area contributed by atoms with Gasteiger partial charge in [0.05, 0.1) is 21.4 Å². The van der Waals surface area contributed by atoms with Gasteiger partial charge in [-0.25, -0.2) is 20.4 Å². The van der Waals surface area contributed by atoms with Crippen LogP contribution in [0.25, 0.3) is 0 Å². The monoisotopic (exact) mass is 466 g/mol. The molecule has 2 aromatic carbocycles. The van der Waals surface area contributed by atoms with E-state index in [0.717, 1.165) is 0 Å². The van der Waals surface area contributed by atoms with Crippen LogP contribution in [0.15, 0.2) is 48.5 Å². The van der Waals surface area contributed by atoms with Crippen molar-refractivity contribution in [3.63, 3.8) is 0 Å². The molecule has 0 aliphatic carbocycles. The highest BCUT2D eigenvalue weighted by molar-refractivity contribution is 6.34. The van der Waals surface area contributed by atoms with Crippen molar-refractivity contribution in [2.75, 3.05) is 10.6 Å². The van der Waals surface area contributed by atoms with Gasteiger partial charge in [-0.3, -0.25) is 20.4 Å². The maximum absolute atomic E-state index is 11.7. The second-order valence-electron chi connectivity index (χ2n) is 6.07. The molecule has 12 heteroatoms. The lowest BCUT2D eigenvalue weighted by atomic mass is 10.2. The molecule has 0 aliphatic rings. The Kier molecular flexibility index (Phi) is 9.40. The Hall–Kier alpha value is -3.50. The van der Waals surface area contributed by atoms with E-state index in [1.807, 2.05) is 0 Å². The van der Waals surface area contributed by atoms with Gasteiger partial charge in [0, 0.05) is 12.8 Å². The Labute approximate surface area is 188 Å². The molecule has 0 aromatic heterocycles. The lowest BCUT2D eigenvalue weighted by molar-refractivity contribution is -0.123. The van der Waals surface area contributed by atoms with Crippen molar-refractivity contribution < 1.29 is 19.2 Å². The first-order valence-electron chi connectivity index (χ1n) is 9.06. The minimum absolute atomic E-state index is 0.0222. The highest BCUT2D eigenvalue weighted by Gasteiger charge is 2.09. The van der Waals surface area contributed by atoms with E-state index < -0.39 is 23.9 Å². The zero-order valence-electron chi connectivity index (χ0n) is 16.1. The minimum atomic E-state index is -0.673. The Bertz CT molecular complexity index is 881. The van der Waals surface area contributed by atoms with Gasteiger partial charge >= 0.3 is 12.1 Å². The number of hydrogen-bond donors (Lipinski definition) is 6. The molecule has 0 unspecified atom stereocenters. The van der Waals surface area contributed by atoms with Gasteiger partial charge in [0.1, 0.15) is 0 Å². The van der Waals surface area contributed by atoms with Gasteiger partial charge in [-0.05, 0) is 30.7 Å². The second kappa shape index (κ2) is 12.3. The van der Waals surface area contributed by atoms with E-state index in [2.05, 4.69) is 32.3 Å². The molecule has 2 aromatic rings. The Balaban J connectivity index is 1.58. The first-order chi connectivity index (χ1) is 14.8. The number of urea groups is 2. The number of hydrazine groups is 2. The molecule has 0 aliphatic heterocycles. The summed E-state index contributed by atoms with van der Waals surface area (Å²) in [4.78, 5) is 47.0. The number of halogens is 2. The van der Waals surface area contributed by atoms with Gasteiger partial charge in [0.25, 0.3) is 0 Å². The first-order valence-corrected chi connectivity index (χ1v) is 9.81. The summed E-state index contributed by atoms with van der Waals surface area (Å²) in [7, 11) is 0. The van der Waals surface area contributed by atoms with Gasteiger partial charge in [0.15, 0.2) is 0 Å². The summed E-state index contributed by atoms with van der Waals surface area (Å²) >= 11 is 11.8. The normalized spacial score (nSPS) is 9.87. The first kappa shape index (κ1) is 23.8. The van der Waals surface area contributed by atoms with Crippen LogP contribution >= 0.6 is 23.2 Å². The Morgan fingerprint density at radius 2 is 1.00 bits per heavy atom. The summed E-state index contributed by atoms with van der Waals surface area (Å²) in [6.07, 6.45) is 0.149. The van der Waals surface area contributed by atoms with Crippen LogP contribution < -0.4 is 32.3 Å². The van der Waals surface area contributed by atoms with Crippen LogP contribution in [-0.2, 0) is 9.59 Å². The average molecular weight is 467 g/mol. The van der Waals surface area contributed by atoms with Crippen molar-refractivity contribution in [1.82, 2.24) is 21.7 Å². The maximum Gasteiger partial charge on any atom is 0.337 e. The number of para-hydroxylation sites is 2. The minimum Gasteiger partial charge on any atom is -0.305 e. The number of amides is 6. The van der Waals surface area contributed by atoms with Gasteiger partial charge in [-0.15, -0.1) is 0 Å². The largest absolute Gasteiger partial charge is 0.337 e. The van der Waals surface area contributed by atoms with Crippen LogP contribution in [0.2, 0.25) is 10.0 Å². The number of nitrogens with one attached hydrogen (secondary N) is 6. The lowest BCUT2D eigenvalue weighted by Crippen LogP contribution is -2.44. The number of hydrogen-bond acceptors (Lipinski definition) is 4. The smallest absolute Gasteiger partial charge is 0.305 e. The van der Waals surface area contributed by atoms with Crippen LogP contribution in [0.1, 0.15) is 19.3 Å². The summed E-state index contributed by atoms with van der Waals surface area (Å²) in [6, 6.07) is 11.9. The highest BCUT2D eigenvalue weighted by Crippen LogP contribution is 2.20. The van der Waals surface area contributed by atoms with Crippen molar-refractivity contribution in [3.8, 4) is 0 Å². The SMILES string of the molecule is O=C(CCCC(=O)NNC(=O)Nc1ccccc1Cl)NNC(=O)Nc1ccccc1Cl. The summed E-state index contributed by atoms with van der Waals surface area (Å²) in [5.74, 6) is -0.988. The van der Waals surface area contributed by atoms with E-state index in [9.17, 15) is 19.2 Å². The molecule has 0 saturated carbocycles. The predicted octanol–water partition coefficient (Wildman–Crippen LogP) is 3.17. The molecule has 0 heterocycles. The summed E-state index contributed by atoms with van der Waals surface area (Å²) in [6.45, 7) is 0. The van der Waals surface area contributed by atoms with E-state index >= 15 is 0 Å². The molecular weight excluding hydrogens is 447 g/mol. The molecule has 0 saturated heterocycles. The molecule has 0 bridgehead atoms. The van der Waals surface area contributed by atoms with Crippen LogP contribution in [0, 0.1) is 0 Å². The quantitative estimate of drug-likeness (QED) is 0.363. The molecule has 0 spiro atoms. The Morgan fingerprint density at radius 3 is 1.39 bits per heavy atom. The standard InChI is InChI=1S/C19H20Cl2N6O4/c20-12-6-1-3-8-14(12)22-18(30)26-24-16(28)10-5-11-17(29)25-27-19(31)23-15-9-4-2-7-13(15)21/h1-4,6-9H,5,10-11H2,(H,24,28)(H,25,29)(H2,22,26,30)(H2,23,27,31). The van der Waals surface area contributed by atoms with E-state index in [4.69, 9.17) is 23.2 Å². The number of benzene rings is 2. The van der Waals surface area contributed by atoms with Crippen LogP contribution in [0.3, 0.4) is 0 Å². The fourth-order valence-electron chi connectivity index (χ4n) is 2.22. The van der Waals surface area contributed by atoms with Gasteiger partial charge < -0.3 is 10.6 Å². The van der Waals surface area contributed by atoms with Gasteiger partial charge in [0.2, 0.25) is 11.8 Å². The molecule has 0 radical (unpaired) electrons. The molecule has 0 fully saturated rings. The van der Waals surface area contributed by atoms with Crippen molar-refractivity contribution in [1.29, 1.82) is 0 Å². The van der Waals surface area contributed by atoms with E-state index in [-0.39, 0.29) is 19.3 Å². The summed E-state index contributed by atoms with van der Waals surface area (Å²) in [5, 5.41) is 5.65. The highest BCUT2D eigenvalue weighted by atomic mass is 35.5. The zero-order valence-corrected chi connectivity index (χ0v) is 17.6. The summed E-state index contributed by atoms with van der Waals surface area (Å²) < 4.78 is 0. The van der Waals surface area contributed by atoms with E-state index in [1.54, 1.807) is 48.5 Å².